The van der Waals surface area contributed by atoms with Gasteiger partial charge in [-0.1, -0.05) is 49.5 Å². The minimum atomic E-state index is -1.12. The van der Waals surface area contributed by atoms with E-state index in [1.54, 1.807) is 18.2 Å². The molecule has 1 aromatic carbocycles. The van der Waals surface area contributed by atoms with Gasteiger partial charge in [-0.25, -0.2) is 0 Å². The second kappa shape index (κ2) is 6.54. The first-order valence-electron chi connectivity index (χ1n) is 4.91. The molecule has 0 radical (unpaired) electrons. The summed E-state index contributed by atoms with van der Waals surface area (Å²) in [5, 5.41) is 11.9. The molecule has 0 aliphatic heterocycles. The lowest BCUT2D eigenvalue weighted by atomic mass is 10.2. The molecule has 0 spiro atoms. The minimum absolute atomic E-state index is 0.459. The lowest BCUT2D eigenvalue weighted by Crippen LogP contribution is -2.34. The summed E-state index contributed by atoms with van der Waals surface area (Å²) in [5.41, 5.74) is 1.42. The third kappa shape index (κ3) is 3.96. The van der Waals surface area contributed by atoms with Crippen LogP contribution in [0.25, 0.3) is 0 Å². The molecule has 1 rings (SSSR count). The first-order valence-corrected chi connectivity index (χ1v) is 7.12. The molecule has 0 saturated heterocycles. The molecular formula is C11H10Br2ClNO3. The summed E-state index contributed by atoms with van der Waals surface area (Å²) in [4.78, 5) is 20.6. The molecule has 0 bridgehead atoms. The van der Waals surface area contributed by atoms with Crippen molar-refractivity contribution in [2.45, 2.75) is 16.6 Å². The summed E-state index contributed by atoms with van der Waals surface area (Å²) in [5.74, 6) is -1.58. The Morgan fingerprint density at radius 2 is 1.94 bits per heavy atom. The molecule has 0 aliphatic rings. The topological polar surface area (TPSA) is 66.4 Å². The first-order chi connectivity index (χ1) is 8.32. The van der Waals surface area contributed by atoms with E-state index in [9.17, 15) is 9.59 Å². The number of aryl methyl sites for hydroxylation is 1. The van der Waals surface area contributed by atoms with E-state index >= 15 is 0 Å². The Hall–Kier alpha value is -0.590. The molecule has 7 heteroatoms. The molecule has 0 saturated carbocycles. The number of aliphatic carboxylic acids is 1. The monoisotopic (exact) mass is 397 g/mol. The van der Waals surface area contributed by atoms with E-state index in [1.807, 2.05) is 6.92 Å². The molecule has 0 fully saturated rings. The number of rotatable bonds is 4. The zero-order valence-corrected chi connectivity index (χ0v) is 13.2. The lowest BCUT2D eigenvalue weighted by Gasteiger charge is -2.13. The molecule has 0 unspecified atom stereocenters. The van der Waals surface area contributed by atoms with E-state index in [-0.39, 0.29) is 0 Å². The van der Waals surface area contributed by atoms with Gasteiger partial charge < -0.3 is 10.4 Å². The Balaban J connectivity index is 2.75. The number of hydrogen-bond acceptors (Lipinski definition) is 2. The molecule has 98 valence electrons. The maximum atomic E-state index is 11.8. The van der Waals surface area contributed by atoms with Crippen LogP contribution in [0.2, 0.25) is 5.02 Å². The molecule has 1 amide bonds. The Kier molecular flexibility index (Phi) is 5.62. The molecule has 2 N–H and O–H groups in total. The van der Waals surface area contributed by atoms with Crippen molar-refractivity contribution in [2.24, 2.45) is 0 Å². The Labute approximate surface area is 126 Å². The van der Waals surface area contributed by atoms with Gasteiger partial charge in [0.15, 0.2) is 0 Å². The smallest absolute Gasteiger partial charge is 0.318 e. The molecule has 18 heavy (non-hydrogen) atoms. The molecule has 1 aromatic rings. The highest BCUT2D eigenvalue weighted by molar-refractivity contribution is 9.12. The van der Waals surface area contributed by atoms with Gasteiger partial charge in [0.05, 0.1) is 0 Å². The van der Waals surface area contributed by atoms with Crippen LogP contribution in [0.5, 0.6) is 0 Å². The number of benzene rings is 1. The minimum Gasteiger partial charge on any atom is -0.480 e. The summed E-state index contributed by atoms with van der Waals surface area (Å²) >= 11 is 11.9. The molecule has 4 nitrogen and oxygen atoms in total. The normalized spacial score (nSPS) is 13.8. The van der Waals surface area contributed by atoms with Gasteiger partial charge in [0, 0.05) is 10.7 Å². The highest BCUT2D eigenvalue weighted by Gasteiger charge is 2.29. The lowest BCUT2D eigenvalue weighted by molar-refractivity contribution is -0.137. The predicted molar refractivity (Wildman–Crippen MR) is 77.9 cm³/mol. The van der Waals surface area contributed by atoms with Crippen molar-refractivity contribution >= 4 is 61.0 Å². The van der Waals surface area contributed by atoms with Crippen molar-refractivity contribution in [1.29, 1.82) is 0 Å². The van der Waals surface area contributed by atoms with E-state index in [0.717, 1.165) is 5.56 Å². The van der Waals surface area contributed by atoms with Crippen molar-refractivity contribution in [3.05, 3.63) is 28.8 Å². The van der Waals surface area contributed by atoms with Crippen LogP contribution in [0.1, 0.15) is 5.56 Å². The van der Waals surface area contributed by atoms with E-state index < -0.39 is 21.5 Å². The summed E-state index contributed by atoms with van der Waals surface area (Å²) in [6.07, 6.45) is 0. The number of carbonyl (C=O) groups is 2. The van der Waals surface area contributed by atoms with Crippen LogP contribution >= 0.6 is 43.5 Å². The maximum Gasteiger partial charge on any atom is 0.318 e. The largest absolute Gasteiger partial charge is 0.480 e. The van der Waals surface area contributed by atoms with Gasteiger partial charge in [-0.15, -0.1) is 0 Å². The number of anilines is 1. The van der Waals surface area contributed by atoms with Gasteiger partial charge in [0.1, 0.15) is 9.65 Å². The Bertz CT molecular complexity index is 481. The van der Waals surface area contributed by atoms with E-state index in [1.165, 1.54) is 0 Å². The van der Waals surface area contributed by atoms with Gasteiger partial charge >= 0.3 is 5.97 Å². The fraction of sp³-hybridized carbons (Fsp3) is 0.273. The second-order valence-corrected chi connectivity index (χ2v) is 5.98. The Morgan fingerprint density at radius 1 is 1.33 bits per heavy atom. The number of carboxylic acid groups (broad SMARTS) is 1. The third-order valence-corrected chi connectivity index (χ3v) is 5.16. The number of alkyl halides is 2. The number of halogens is 3. The van der Waals surface area contributed by atoms with Crippen molar-refractivity contribution in [1.82, 2.24) is 0 Å². The van der Waals surface area contributed by atoms with Crippen LogP contribution in [-0.4, -0.2) is 26.6 Å². The maximum absolute atomic E-state index is 11.8. The summed E-state index contributed by atoms with van der Waals surface area (Å²) < 4.78 is 0. The van der Waals surface area contributed by atoms with Crippen molar-refractivity contribution in [3.8, 4) is 0 Å². The van der Waals surface area contributed by atoms with Crippen molar-refractivity contribution in [2.75, 3.05) is 5.32 Å². The zero-order chi connectivity index (χ0) is 13.9. The van der Waals surface area contributed by atoms with Gasteiger partial charge in [-0.3, -0.25) is 9.59 Å². The first kappa shape index (κ1) is 15.5. The molecule has 0 aromatic heterocycles. The molecule has 2 atom stereocenters. The third-order valence-electron chi connectivity index (χ3n) is 2.18. The average molecular weight is 399 g/mol. The van der Waals surface area contributed by atoms with Crippen molar-refractivity contribution in [3.63, 3.8) is 0 Å². The zero-order valence-electron chi connectivity index (χ0n) is 9.28. The number of nitrogens with one attached hydrogen (secondary N) is 1. The SMILES string of the molecule is Cc1ccc(NC(=O)[C@H](Br)[C@H](Br)C(=O)O)cc1Cl. The average Bonchev–Trinajstić information content (AvgIpc) is 2.31. The molecule has 0 heterocycles. The van der Waals surface area contributed by atoms with Crippen LogP contribution in [0.4, 0.5) is 5.69 Å². The van der Waals surface area contributed by atoms with Crippen LogP contribution < -0.4 is 5.32 Å². The van der Waals surface area contributed by atoms with Crippen LogP contribution in [0, 0.1) is 6.92 Å². The standard InChI is InChI=1S/C11H10Br2ClNO3/c1-5-2-3-6(4-7(5)14)15-10(16)8(12)9(13)11(17)18/h2-4,8-9H,1H3,(H,15,16)(H,17,18)/t8-,9+/m1/s1. The van der Waals surface area contributed by atoms with Gasteiger partial charge in [-0.2, -0.15) is 0 Å². The van der Waals surface area contributed by atoms with E-state index in [0.29, 0.717) is 10.7 Å². The summed E-state index contributed by atoms with van der Waals surface area (Å²) in [7, 11) is 0. The summed E-state index contributed by atoms with van der Waals surface area (Å²) in [6.45, 7) is 1.85. The fourth-order valence-corrected chi connectivity index (χ4v) is 1.90. The van der Waals surface area contributed by atoms with Gasteiger partial charge in [-0.05, 0) is 24.6 Å². The van der Waals surface area contributed by atoms with E-state index in [4.69, 9.17) is 16.7 Å². The van der Waals surface area contributed by atoms with E-state index in [2.05, 4.69) is 37.2 Å². The van der Waals surface area contributed by atoms with Crippen LogP contribution in [0.3, 0.4) is 0 Å². The van der Waals surface area contributed by atoms with Gasteiger partial charge in [0.25, 0.3) is 0 Å². The Morgan fingerprint density at radius 3 is 2.44 bits per heavy atom. The quantitative estimate of drug-likeness (QED) is 0.764. The van der Waals surface area contributed by atoms with Crippen LogP contribution in [-0.2, 0) is 9.59 Å². The fourth-order valence-electron chi connectivity index (χ4n) is 1.14. The predicted octanol–water partition coefficient (Wildman–Crippen LogP) is 3.20. The van der Waals surface area contributed by atoms with Gasteiger partial charge in [0.2, 0.25) is 5.91 Å². The molecule has 0 aliphatic carbocycles. The second-order valence-electron chi connectivity index (χ2n) is 3.59. The van der Waals surface area contributed by atoms with Crippen LogP contribution in [0.15, 0.2) is 18.2 Å². The highest BCUT2D eigenvalue weighted by atomic mass is 79.9. The summed E-state index contributed by atoms with van der Waals surface area (Å²) in [6, 6.07) is 5.07. The number of carbonyl (C=O) groups excluding carboxylic acids is 1. The number of amides is 1. The number of hydrogen-bond donors (Lipinski definition) is 2. The van der Waals surface area contributed by atoms with Crippen molar-refractivity contribution < 1.29 is 14.7 Å². The highest BCUT2D eigenvalue weighted by Crippen LogP contribution is 2.22. The number of carboxylic acids is 1. The molecular weight excluding hydrogens is 389 g/mol.